The summed E-state index contributed by atoms with van der Waals surface area (Å²) in [6.45, 7) is 2.99. The maximum Gasteiger partial charge on any atom is 0.335 e. The Morgan fingerprint density at radius 3 is 1.00 bits per heavy atom. The molecule has 0 saturated heterocycles. The summed E-state index contributed by atoms with van der Waals surface area (Å²) >= 11 is 0. The number of aliphatic carboxylic acids is 4. The van der Waals surface area contributed by atoms with E-state index in [0.29, 0.717) is 6.04 Å². The van der Waals surface area contributed by atoms with Crippen molar-refractivity contribution in [3.05, 3.63) is 0 Å². The van der Waals surface area contributed by atoms with E-state index in [1.165, 1.54) is 0 Å². The fourth-order valence-electron chi connectivity index (χ4n) is 0.528. The van der Waals surface area contributed by atoms with Gasteiger partial charge in [-0.25, -0.2) is 9.59 Å². The second-order valence-electron chi connectivity index (χ2n) is 4.49. The van der Waals surface area contributed by atoms with E-state index in [1.807, 2.05) is 6.92 Å². The Bertz CT molecular complexity index is 371. The topological polar surface area (TPSA) is 354 Å². The second kappa shape index (κ2) is 18.4. The highest BCUT2D eigenvalue weighted by molar-refractivity contribution is 5.82. The average molecular weight is 410 g/mol. The number of hydrogen-bond donors (Lipinski definition) is 8. The average Bonchev–Trinajstić information content (AvgIpc) is 2.52. The summed E-state index contributed by atoms with van der Waals surface area (Å²) in [6, 6.07) is 0.523. The summed E-state index contributed by atoms with van der Waals surface area (Å²) in [5, 5.41) is 68.3. The van der Waals surface area contributed by atoms with Crippen molar-refractivity contribution in [2.75, 3.05) is 6.54 Å². The molecule has 0 aromatic heterocycles. The number of carboxylic acid groups (broad SMARTS) is 4. The van der Waals surface area contributed by atoms with Gasteiger partial charge in [0, 0.05) is 0 Å². The van der Waals surface area contributed by atoms with Gasteiger partial charge in [0.2, 0.25) is 0 Å². The number of aliphatic hydroxyl groups is 4. The van der Waals surface area contributed by atoms with E-state index in [-0.39, 0.29) is 11.0 Å². The molecule has 16 N–H and O–H groups in total. The normalized spacial score (nSPS) is 14.5. The monoisotopic (exact) mass is 410 g/mol. The lowest BCUT2D eigenvalue weighted by molar-refractivity contribution is -0.488. The highest BCUT2D eigenvalue weighted by Gasteiger charge is 2.24. The van der Waals surface area contributed by atoms with Crippen LogP contribution in [0.2, 0.25) is 0 Å². The van der Waals surface area contributed by atoms with Crippen LogP contribution < -0.4 is 21.7 Å². The number of aliphatic hydroxyl groups excluding tert-OH is 4. The first-order valence-corrected chi connectivity index (χ1v) is 6.42. The van der Waals surface area contributed by atoms with Gasteiger partial charge >= 0.3 is 11.9 Å². The molecule has 0 spiro atoms. The molecule has 0 aliphatic heterocycles. The molecule has 16 nitrogen and oxygen atoms in total. The van der Waals surface area contributed by atoms with Gasteiger partial charge in [0.15, 0.2) is 12.2 Å². The molecule has 0 aromatic carbocycles. The van der Waals surface area contributed by atoms with E-state index < -0.39 is 48.3 Å². The fraction of sp³-hybridized carbons (Fsp3) is 0.636. The number of carbonyl (C=O) groups excluding carboxylic acids is 2. The first-order chi connectivity index (χ1) is 11.2. The summed E-state index contributed by atoms with van der Waals surface area (Å²) in [5.41, 5.74) is 7.32. The number of rotatable bonds is 7. The Labute approximate surface area is 151 Å². The van der Waals surface area contributed by atoms with Gasteiger partial charge in [-0.15, -0.1) is 0 Å². The van der Waals surface area contributed by atoms with Crippen LogP contribution in [0.15, 0.2) is 0 Å². The molecule has 0 saturated carbocycles. The molecule has 0 radical (unpaired) electrons. The predicted octanol–water partition coefficient (Wildman–Crippen LogP) is -10.7. The van der Waals surface area contributed by atoms with E-state index in [0.717, 1.165) is 6.54 Å². The van der Waals surface area contributed by atoms with Gasteiger partial charge in [0.05, 0.1) is 11.9 Å². The molecular weight excluding hydrogens is 384 g/mol. The number of carbonyl (C=O) groups is 4. The lowest BCUT2D eigenvalue weighted by Gasteiger charge is -2.13. The van der Waals surface area contributed by atoms with Crippen molar-refractivity contribution in [3.8, 4) is 0 Å². The Hall–Kier alpha value is -2.44. The molecule has 16 heteroatoms. The van der Waals surface area contributed by atoms with E-state index in [1.54, 1.807) is 0 Å². The van der Waals surface area contributed by atoms with Crippen molar-refractivity contribution in [1.29, 1.82) is 0 Å². The fourth-order valence-corrected chi connectivity index (χ4v) is 0.528. The standard InChI is InChI=1S/2C4H6O6.C3H10N2.2H2O/c2*5-1(3(7)8)2(6)4(9)10;1-3(5)2-4;;/h2*1-2,5-6H,(H,7,8)(H,9,10);3H,2,4-5H2,1H3;2*1H2/t2*1-,2-;3-;;/m000../s1. The summed E-state index contributed by atoms with van der Waals surface area (Å²) < 4.78 is 0. The summed E-state index contributed by atoms with van der Waals surface area (Å²) in [4.78, 5) is 38.8. The summed E-state index contributed by atoms with van der Waals surface area (Å²) in [7, 11) is 0. The third-order valence-corrected chi connectivity index (χ3v) is 2.08. The molecular formula is C11H26N2O14. The van der Waals surface area contributed by atoms with Crippen LogP contribution in [0, 0.1) is 0 Å². The minimum Gasteiger partial charge on any atom is -0.547 e. The molecule has 0 aliphatic carbocycles. The number of carboxylic acids is 4. The molecule has 164 valence electrons. The number of quaternary nitrogens is 2. The number of hydrogen-bond acceptors (Lipinski definition) is 10. The Morgan fingerprint density at radius 2 is 0.963 bits per heavy atom. The summed E-state index contributed by atoms with van der Waals surface area (Å²) in [6.07, 6.45) is -9.41. The largest absolute Gasteiger partial charge is 0.547 e. The molecule has 0 fully saturated rings. The predicted molar refractivity (Wildman–Crippen MR) is 76.6 cm³/mol. The Kier molecular flexibility index (Phi) is 24.2. The molecule has 0 aliphatic rings. The van der Waals surface area contributed by atoms with Crippen LogP contribution >= 0.6 is 0 Å². The lowest BCUT2D eigenvalue weighted by atomic mass is 10.2. The van der Waals surface area contributed by atoms with Crippen molar-refractivity contribution in [1.82, 2.24) is 0 Å². The zero-order chi connectivity index (χ0) is 20.9. The van der Waals surface area contributed by atoms with Crippen molar-refractivity contribution < 1.29 is 82.5 Å². The molecule has 27 heavy (non-hydrogen) atoms. The maximum atomic E-state index is 9.74. The highest BCUT2D eigenvalue weighted by atomic mass is 16.4. The maximum absolute atomic E-state index is 9.74. The zero-order valence-corrected chi connectivity index (χ0v) is 14.1. The van der Waals surface area contributed by atoms with Crippen molar-refractivity contribution >= 4 is 23.9 Å². The van der Waals surface area contributed by atoms with Crippen LogP contribution in [0.1, 0.15) is 6.92 Å². The third-order valence-electron chi connectivity index (χ3n) is 2.08. The van der Waals surface area contributed by atoms with Crippen LogP contribution in [0.3, 0.4) is 0 Å². The molecule has 0 rings (SSSR count). The molecule has 0 bridgehead atoms. The quantitative estimate of drug-likeness (QED) is 0.194. The Morgan fingerprint density at radius 1 is 0.778 bits per heavy atom. The minimum absolute atomic E-state index is 0. The second-order valence-corrected chi connectivity index (χ2v) is 4.49. The van der Waals surface area contributed by atoms with Gasteiger partial charge in [0.25, 0.3) is 0 Å². The first kappa shape index (κ1) is 35.6. The lowest BCUT2D eigenvalue weighted by Crippen LogP contribution is -2.71. The van der Waals surface area contributed by atoms with Crippen LogP contribution in [0.25, 0.3) is 0 Å². The van der Waals surface area contributed by atoms with Crippen LogP contribution in [0.5, 0.6) is 0 Å². The van der Waals surface area contributed by atoms with E-state index in [9.17, 15) is 29.4 Å². The smallest absolute Gasteiger partial charge is 0.335 e. The van der Waals surface area contributed by atoms with E-state index in [4.69, 9.17) is 30.6 Å². The molecule has 5 atom stereocenters. The molecule has 0 amide bonds. The van der Waals surface area contributed by atoms with Gasteiger partial charge in [-0.3, -0.25) is 0 Å². The molecule has 0 aromatic rings. The first-order valence-electron chi connectivity index (χ1n) is 6.42. The Balaban J connectivity index is -0.0000000910. The van der Waals surface area contributed by atoms with E-state index >= 15 is 0 Å². The van der Waals surface area contributed by atoms with Gasteiger partial charge in [-0.1, -0.05) is 0 Å². The van der Waals surface area contributed by atoms with Crippen molar-refractivity contribution in [2.24, 2.45) is 0 Å². The van der Waals surface area contributed by atoms with Gasteiger partial charge in [-0.2, -0.15) is 0 Å². The third kappa shape index (κ3) is 19.7. The van der Waals surface area contributed by atoms with Crippen LogP contribution in [-0.2, 0) is 19.2 Å². The molecule has 0 heterocycles. The van der Waals surface area contributed by atoms with Gasteiger partial charge in [0.1, 0.15) is 24.8 Å². The van der Waals surface area contributed by atoms with Crippen molar-refractivity contribution in [2.45, 2.75) is 37.4 Å². The van der Waals surface area contributed by atoms with Crippen molar-refractivity contribution in [3.63, 3.8) is 0 Å². The zero-order valence-electron chi connectivity index (χ0n) is 14.1. The SMILES string of the molecule is C[C@H]([NH3+])C[NH3+].O.O.O=C([O-])[C@@H](O)[C@H](O)C(=O)O.O=C([O-])[C@@H](O)[C@H](O)C(=O)O. The minimum atomic E-state index is -2.38. The summed E-state index contributed by atoms with van der Waals surface area (Å²) in [5.74, 6) is -7.65. The van der Waals surface area contributed by atoms with Gasteiger partial charge in [-0.05, 0) is 6.92 Å². The van der Waals surface area contributed by atoms with Gasteiger partial charge < -0.3 is 72.9 Å². The molecule has 0 unspecified atom stereocenters. The highest BCUT2D eigenvalue weighted by Crippen LogP contribution is 1.91. The van der Waals surface area contributed by atoms with Crippen LogP contribution in [0.4, 0.5) is 0 Å². The van der Waals surface area contributed by atoms with Crippen LogP contribution in [-0.4, -0.2) is 102 Å². The van der Waals surface area contributed by atoms with E-state index in [2.05, 4.69) is 11.5 Å².